The lowest BCUT2D eigenvalue weighted by molar-refractivity contribution is 0.0414. The SMILES string of the molecule is CC(C)S(=O)(=O)CC(O)C(CC1CCCCC1)NC(=O)OC(C)(C)C. The number of aliphatic hydroxyl groups excluding tert-OH is 1. The van der Waals surface area contributed by atoms with Crippen LogP contribution >= 0.6 is 0 Å². The molecule has 0 aromatic carbocycles. The van der Waals surface area contributed by atoms with E-state index in [9.17, 15) is 18.3 Å². The first kappa shape index (κ1) is 22.2. The number of rotatable bonds is 7. The number of aliphatic hydroxyl groups is 1. The Morgan fingerprint density at radius 1 is 1.20 bits per heavy atom. The summed E-state index contributed by atoms with van der Waals surface area (Å²) in [7, 11) is -3.40. The van der Waals surface area contributed by atoms with Gasteiger partial charge in [0.2, 0.25) is 0 Å². The Balaban J connectivity index is 2.80. The largest absolute Gasteiger partial charge is 0.444 e. The van der Waals surface area contributed by atoms with Gasteiger partial charge in [0, 0.05) is 0 Å². The number of amides is 1. The molecule has 7 heteroatoms. The zero-order valence-corrected chi connectivity index (χ0v) is 17.1. The van der Waals surface area contributed by atoms with Gasteiger partial charge in [-0.25, -0.2) is 13.2 Å². The minimum absolute atomic E-state index is 0.349. The lowest BCUT2D eigenvalue weighted by atomic mass is 9.84. The monoisotopic (exact) mass is 377 g/mol. The van der Waals surface area contributed by atoms with E-state index in [0.717, 1.165) is 25.7 Å². The van der Waals surface area contributed by atoms with Crippen LogP contribution in [0.15, 0.2) is 0 Å². The number of alkyl carbamates (subject to hydrolysis) is 1. The minimum atomic E-state index is -3.40. The number of ether oxygens (including phenoxy) is 1. The van der Waals surface area contributed by atoms with E-state index >= 15 is 0 Å². The van der Waals surface area contributed by atoms with Gasteiger partial charge in [0.1, 0.15) is 5.60 Å². The molecule has 0 bridgehead atoms. The molecule has 2 atom stereocenters. The molecule has 2 N–H and O–H groups in total. The van der Waals surface area contributed by atoms with Gasteiger partial charge in [0.25, 0.3) is 0 Å². The predicted molar refractivity (Wildman–Crippen MR) is 99.3 cm³/mol. The predicted octanol–water partition coefficient (Wildman–Crippen LogP) is 3.03. The van der Waals surface area contributed by atoms with Crippen LogP contribution in [-0.2, 0) is 14.6 Å². The van der Waals surface area contributed by atoms with E-state index in [1.54, 1.807) is 34.6 Å². The second-order valence-electron chi connectivity index (χ2n) is 8.44. The molecule has 0 aromatic heterocycles. The quantitative estimate of drug-likeness (QED) is 0.711. The molecule has 1 saturated carbocycles. The van der Waals surface area contributed by atoms with Gasteiger partial charge in [0.05, 0.1) is 23.1 Å². The molecule has 2 unspecified atom stereocenters. The number of hydrogen-bond acceptors (Lipinski definition) is 5. The molecule has 25 heavy (non-hydrogen) atoms. The molecular weight excluding hydrogens is 342 g/mol. The Labute approximate surface area is 152 Å². The highest BCUT2D eigenvalue weighted by molar-refractivity contribution is 7.92. The second-order valence-corrected chi connectivity index (χ2v) is 11.0. The van der Waals surface area contributed by atoms with Crippen molar-refractivity contribution in [3.05, 3.63) is 0 Å². The number of carbonyl (C=O) groups excluding carboxylic acids is 1. The molecular formula is C18H35NO5S. The molecule has 1 aliphatic carbocycles. The van der Waals surface area contributed by atoms with Crippen molar-refractivity contribution in [1.29, 1.82) is 0 Å². The number of nitrogens with one attached hydrogen (secondary N) is 1. The first-order valence-corrected chi connectivity index (χ1v) is 11.0. The fourth-order valence-corrected chi connectivity index (χ4v) is 4.19. The highest BCUT2D eigenvalue weighted by atomic mass is 32.2. The van der Waals surface area contributed by atoms with E-state index in [1.807, 2.05) is 0 Å². The third-order valence-corrected chi connectivity index (χ3v) is 6.84. The molecule has 1 amide bonds. The summed E-state index contributed by atoms with van der Waals surface area (Å²) in [6.07, 6.45) is 4.43. The molecule has 1 aliphatic rings. The van der Waals surface area contributed by atoms with Crippen LogP contribution in [0.3, 0.4) is 0 Å². The lowest BCUT2D eigenvalue weighted by Gasteiger charge is -2.31. The molecule has 0 saturated heterocycles. The van der Waals surface area contributed by atoms with Crippen LogP contribution in [0.25, 0.3) is 0 Å². The van der Waals surface area contributed by atoms with Gasteiger partial charge in [-0.15, -0.1) is 0 Å². The number of hydrogen-bond donors (Lipinski definition) is 2. The molecule has 0 spiro atoms. The Morgan fingerprint density at radius 2 is 1.76 bits per heavy atom. The van der Waals surface area contributed by atoms with E-state index in [0.29, 0.717) is 12.3 Å². The Bertz CT molecular complexity index is 518. The summed E-state index contributed by atoms with van der Waals surface area (Å²) in [6.45, 7) is 8.49. The van der Waals surface area contributed by atoms with Crippen molar-refractivity contribution < 1.29 is 23.1 Å². The van der Waals surface area contributed by atoms with Crippen molar-refractivity contribution in [1.82, 2.24) is 5.32 Å². The maximum Gasteiger partial charge on any atom is 0.407 e. The van der Waals surface area contributed by atoms with E-state index in [-0.39, 0.29) is 5.75 Å². The normalized spacial score (nSPS) is 19.5. The zero-order chi connectivity index (χ0) is 19.3. The molecule has 0 aliphatic heterocycles. The minimum Gasteiger partial charge on any atom is -0.444 e. The van der Waals surface area contributed by atoms with Crippen molar-refractivity contribution in [3.63, 3.8) is 0 Å². The maximum absolute atomic E-state index is 12.1. The van der Waals surface area contributed by atoms with Gasteiger partial charge < -0.3 is 15.2 Å². The molecule has 1 fully saturated rings. The van der Waals surface area contributed by atoms with E-state index in [1.165, 1.54) is 6.42 Å². The first-order chi connectivity index (χ1) is 11.4. The number of carbonyl (C=O) groups is 1. The van der Waals surface area contributed by atoms with Crippen LogP contribution in [0.4, 0.5) is 4.79 Å². The van der Waals surface area contributed by atoms with Crippen LogP contribution < -0.4 is 5.32 Å². The van der Waals surface area contributed by atoms with Crippen LogP contribution in [0.5, 0.6) is 0 Å². The highest BCUT2D eigenvalue weighted by Gasteiger charge is 2.31. The van der Waals surface area contributed by atoms with Gasteiger partial charge >= 0.3 is 6.09 Å². The Kier molecular flexibility index (Phi) is 8.19. The van der Waals surface area contributed by atoms with Crippen molar-refractivity contribution in [3.8, 4) is 0 Å². The molecule has 0 radical (unpaired) electrons. The molecule has 148 valence electrons. The summed E-state index contributed by atoms with van der Waals surface area (Å²) < 4.78 is 29.6. The van der Waals surface area contributed by atoms with E-state index < -0.39 is 38.9 Å². The van der Waals surface area contributed by atoms with Crippen molar-refractivity contribution in [2.75, 3.05) is 5.75 Å². The summed E-state index contributed by atoms with van der Waals surface area (Å²) >= 11 is 0. The maximum atomic E-state index is 12.1. The smallest absolute Gasteiger partial charge is 0.407 e. The Hall–Kier alpha value is -0.820. The standard InChI is InChI=1S/C18H35NO5S/c1-13(2)25(22,23)12-16(20)15(11-14-9-7-6-8-10-14)19-17(21)24-18(3,4)5/h13-16,20H,6-12H2,1-5H3,(H,19,21). The van der Waals surface area contributed by atoms with Gasteiger partial charge in [-0.05, 0) is 47.0 Å². The summed E-state index contributed by atoms with van der Waals surface area (Å²) in [5, 5.41) is 12.7. The number of sulfone groups is 1. The third-order valence-electron chi connectivity index (χ3n) is 4.60. The fraction of sp³-hybridized carbons (Fsp3) is 0.944. The summed E-state index contributed by atoms with van der Waals surface area (Å²) in [5.74, 6) is 0.0442. The van der Waals surface area contributed by atoms with E-state index in [4.69, 9.17) is 4.74 Å². The van der Waals surface area contributed by atoms with Crippen LogP contribution in [0.1, 0.15) is 73.1 Å². The van der Waals surface area contributed by atoms with Crippen LogP contribution in [0.2, 0.25) is 0 Å². The van der Waals surface area contributed by atoms with Crippen molar-refractivity contribution >= 4 is 15.9 Å². The van der Waals surface area contributed by atoms with Crippen molar-refractivity contribution in [2.24, 2.45) is 5.92 Å². The van der Waals surface area contributed by atoms with Gasteiger partial charge in [0.15, 0.2) is 9.84 Å². The fourth-order valence-electron chi connectivity index (χ4n) is 3.10. The molecule has 1 rings (SSSR count). The van der Waals surface area contributed by atoms with Gasteiger partial charge in [-0.3, -0.25) is 0 Å². The van der Waals surface area contributed by atoms with Crippen LogP contribution in [0, 0.1) is 5.92 Å². The molecule has 0 heterocycles. The average Bonchev–Trinajstić information content (AvgIpc) is 2.45. The highest BCUT2D eigenvalue weighted by Crippen LogP contribution is 2.28. The summed E-state index contributed by atoms with van der Waals surface area (Å²) in [4.78, 5) is 12.1. The summed E-state index contributed by atoms with van der Waals surface area (Å²) in [5.41, 5.74) is -0.644. The average molecular weight is 378 g/mol. The van der Waals surface area contributed by atoms with Crippen molar-refractivity contribution in [2.45, 2.75) is 96.1 Å². The third kappa shape index (κ3) is 8.40. The van der Waals surface area contributed by atoms with Gasteiger partial charge in [-0.2, -0.15) is 0 Å². The second kappa shape index (κ2) is 9.21. The van der Waals surface area contributed by atoms with Gasteiger partial charge in [-0.1, -0.05) is 32.1 Å². The zero-order valence-electron chi connectivity index (χ0n) is 16.2. The first-order valence-electron chi connectivity index (χ1n) is 9.30. The topological polar surface area (TPSA) is 92.7 Å². The molecule has 6 nitrogen and oxygen atoms in total. The van der Waals surface area contributed by atoms with Crippen LogP contribution in [-0.4, -0.2) is 48.4 Å². The Morgan fingerprint density at radius 3 is 2.24 bits per heavy atom. The molecule has 0 aromatic rings. The summed E-state index contributed by atoms with van der Waals surface area (Å²) in [6, 6.07) is -0.619. The van der Waals surface area contributed by atoms with E-state index in [2.05, 4.69) is 5.32 Å². The lowest BCUT2D eigenvalue weighted by Crippen LogP contribution is -2.49.